The van der Waals surface area contributed by atoms with E-state index in [1.807, 2.05) is 0 Å². The van der Waals surface area contributed by atoms with Gasteiger partial charge in [0.25, 0.3) is 0 Å². The Balaban J connectivity index is 2.34. The summed E-state index contributed by atoms with van der Waals surface area (Å²) in [6.45, 7) is -0.180. The van der Waals surface area contributed by atoms with Gasteiger partial charge in [0.1, 0.15) is 6.33 Å². The van der Waals surface area contributed by atoms with Crippen molar-refractivity contribution in [3.05, 3.63) is 46.0 Å². The average Bonchev–Trinajstić information content (AvgIpc) is 2.86. The molecule has 108 valence electrons. The largest absolute Gasteiger partial charge is 0.394 e. The Bertz CT molecular complexity index is 576. The highest BCUT2D eigenvalue weighted by Gasteiger charge is 2.21. The minimum atomic E-state index is -0.502. The van der Waals surface area contributed by atoms with Gasteiger partial charge in [-0.2, -0.15) is 5.10 Å². The molecule has 2 rings (SSSR count). The van der Waals surface area contributed by atoms with Gasteiger partial charge < -0.3 is 5.11 Å². The number of alkyl halides is 1. The van der Waals surface area contributed by atoms with Gasteiger partial charge in [0.05, 0.1) is 19.8 Å². The monoisotopic (exact) mass is 317 g/mol. The molecule has 0 bridgehead atoms. The molecule has 0 aliphatic rings. The standard InChI is InChI=1S/C13H14Cl2FN3O/c14-9-1-2-10(12(15)7-9)11(3-4-16)13-17-8-19(18-13)5-6-20/h1-2,7-8,11,20H,3-6H2. The van der Waals surface area contributed by atoms with E-state index in [4.69, 9.17) is 28.3 Å². The van der Waals surface area contributed by atoms with Crippen LogP contribution in [-0.4, -0.2) is 33.2 Å². The van der Waals surface area contributed by atoms with Gasteiger partial charge in [-0.15, -0.1) is 0 Å². The second-order valence-corrected chi connectivity index (χ2v) is 5.13. The number of nitrogens with zero attached hydrogens (tertiary/aromatic N) is 3. The fourth-order valence-corrected chi connectivity index (χ4v) is 2.54. The lowest BCUT2D eigenvalue weighted by Crippen LogP contribution is -2.08. The molecule has 1 N–H and O–H groups in total. The Morgan fingerprint density at radius 2 is 2.15 bits per heavy atom. The van der Waals surface area contributed by atoms with E-state index in [2.05, 4.69) is 10.1 Å². The predicted octanol–water partition coefficient (Wildman–Crippen LogP) is 3.07. The first-order valence-corrected chi connectivity index (χ1v) is 6.92. The van der Waals surface area contributed by atoms with Crippen LogP contribution < -0.4 is 0 Å². The van der Waals surface area contributed by atoms with Crippen LogP contribution >= 0.6 is 23.2 Å². The van der Waals surface area contributed by atoms with E-state index in [9.17, 15) is 4.39 Å². The van der Waals surface area contributed by atoms with Crippen LogP contribution in [0.4, 0.5) is 4.39 Å². The first kappa shape index (κ1) is 15.2. The highest BCUT2D eigenvalue weighted by Crippen LogP contribution is 2.32. The van der Waals surface area contributed by atoms with Gasteiger partial charge in [-0.3, -0.25) is 9.07 Å². The van der Waals surface area contributed by atoms with Gasteiger partial charge >= 0.3 is 0 Å². The van der Waals surface area contributed by atoms with Gasteiger partial charge in [-0.05, 0) is 24.1 Å². The second kappa shape index (κ2) is 7.02. The van der Waals surface area contributed by atoms with Gasteiger partial charge in [-0.25, -0.2) is 4.98 Å². The maximum atomic E-state index is 12.8. The number of benzene rings is 1. The third kappa shape index (κ3) is 3.48. The summed E-state index contributed by atoms with van der Waals surface area (Å²) in [5.41, 5.74) is 0.746. The minimum Gasteiger partial charge on any atom is -0.394 e. The molecule has 7 heteroatoms. The Morgan fingerprint density at radius 1 is 1.35 bits per heavy atom. The molecule has 0 amide bonds. The van der Waals surface area contributed by atoms with Crippen molar-refractivity contribution in [3.63, 3.8) is 0 Å². The van der Waals surface area contributed by atoms with E-state index in [-0.39, 0.29) is 18.9 Å². The zero-order valence-electron chi connectivity index (χ0n) is 10.6. The lowest BCUT2D eigenvalue weighted by molar-refractivity contribution is 0.268. The maximum absolute atomic E-state index is 12.8. The molecule has 0 saturated heterocycles. The Labute approximate surface area is 126 Å². The van der Waals surface area contributed by atoms with Crippen LogP contribution in [0.2, 0.25) is 10.0 Å². The third-order valence-corrected chi connectivity index (χ3v) is 3.49. The molecule has 1 atom stereocenters. The van der Waals surface area contributed by atoms with Crippen LogP contribution in [-0.2, 0) is 6.54 Å². The molecule has 0 radical (unpaired) electrons. The quantitative estimate of drug-likeness (QED) is 0.890. The normalized spacial score (nSPS) is 12.6. The van der Waals surface area contributed by atoms with Crippen LogP contribution in [0.1, 0.15) is 23.7 Å². The lowest BCUT2D eigenvalue weighted by Gasteiger charge is -2.14. The smallest absolute Gasteiger partial charge is 0.158 e. The summed E-state index contributed by atoms with van der Waals surface area (Å²) in [6, 6.07) is 5.09. The molecule has 2 aromatic rings. The van der Waals surface area contributed by atoms with Crippen molar-refractivity contribution in [1.82, 2.24) is 14.8 Å². The average molecular weight is 318 g/mol. The second-order valence-electron chi connectivity index (χ2n) is 4.29. The number of hydrogen-bond acceptors (Lipinski definition) is 3. The molecule has 0 fully saturated rings. The van der Waals surface area contributed by atoms with Crippen molar-refractivity contribution in [2.75, 3.05) is 13.3 Å². The van der Waals surface area contributed by atoms with E-state index >= 15 is 0 Å². The third-order valence-electron chi connectivity index (χ3n) is 2.93. The maximum Gasteiger partial charge on any atom is 0.158 e. The molecule has 4 nitrogen and oxygen atoms in total. The Kier molecular flexibility index (Phi) is 5.34. The topological polar surface area (TPSA) is 50.9 Å². The number of aliphatic hydroxyl groups excluding tert-OH is 1. The summed E-state index contributed by atoms with van der Waals surface area (Å²) in [5.74, 6) is 0.157. The zero-order valence-corrected chi connectivity index (χ0v) is 12.1. The molecule has 1 unspecified atom stereocenters. The van der Waals surface area contributed by atoms with Crippen LogP contribution in [0.15, 0.2) is 24.5 Å². The van der Waals surface area contributed by atoms with Crippen molar-refractivity contribution in [1.29, 1.82) is 0 Å². The fraction of sp³-hybridized carbons (Fsp3) is 0.385. The molecule has 0 spiro atoms. The molecule has 0 saturated carbocycles. The highest BCUT2D eigenvalue weighted by atomic mass is 35.5. The van der Waals surface area contributed by atoms with E-state index in [1.165, 1.54) is 11.0 Å². The van der Waals surface area contributed by atoms with Crippen molar-refractivity contribution in [2.24, 2.45) is 0 Å². The van der Waals surface area contributed by atoms with Gasteiger partial charge in [0, 0.05) is 16.0 Å². The van der Waals surface area contributed by atoms with Gasteiger partial charge in [0.2, 0.25) is 0 Å². The van der Waals surface area contributed by atoms with E-state index in [0.29, 0.717) is 22.4 Å². The Hall–Kier alpha value is -1.17. The summed E-state index contributed by atoms with van der Waals surface area (Å²) in [7, 11) is 0. The van der Waals surface area contributed by atoms with Crippen molar-refractivity contribution in [3.8, 4) is 0 Å². The molecule has 1 aromatic carbocycles. The van der Waals surface area contributed by atoms with Crippen LogP contribution in [0.3, 0.4) is 0 Å². The highest BCUT2D eigenvalue weighted by molar-refractivity contribution is 6.35. The minimum absolute atomic E-state index is 0.0295. The van der Waals surface area contributed by atoms with Crippen LogP contribution in [0.25, 0.3) is 0 Å². The predicted molar refractivity (Wildman–Crippen MR) is 76.0 cm³/mol. The van der Waals surface area contributed by atoms with E-state index < -0.39 is 6.67 Å². The van der Waals surface area contributed by atoms with Gasteiger partial charge in [0.15, 0.2) is 5.82 Å². The summed E-state index contributed by atoms with van der Waals surface area (Å²) in [6.07, 6.45) is 1.76. The summed E-state index contributed by atoms with van der Waals surface area (Å²) in [4.78, 5) is 4.18. The fourth-order valence-electron chi connectivity index (χ4n) is 2.00. The SMILES string of the molecule is OCCn1cnc(C(CCF)c2ccc(Cl)cc2Cl)n1. The van der Waals surface area contributed by atoms with Gasteiger partial charge in [-0.1, -0.05) is 29.3 Å². The molecule has 20 heavy (non-hydrogen) atoms. The van der Waals surface area contributed by atoms with Crippen molar-refractivity contribution >= 4 is 23.2 Å². The number of hydrogen-bond donors (Lipinski definition) is 1. The number of rotatable bonds is 6. The molecule has 1 aromatic heterocycles. The first-order chi connectivity index (χ1) is 9.65. The van der Waals surface area contributed by atoms with Crippen LogP contribution in [0, 0.1) is 0 Å². The van der Waals surface area contributed by atoms with E-state index in [1.54, 1.807) is 18.2 Å². The number of aliphatic hydroxyl groups is 1. The number of halogens is 3. The Morgan fingerprint density at radius 3 is 2.80 bits per heavy atom. The summed E-state index contributed by atoms with van der Waals surface area (Å²) >= 11 is 12.0. The lowest BCUT2D eigenvalue weighted by atomic mass is 9.95. The summed E-state index contributed by atoms with van der Waals surface area (Å²) < 4.78 is 14.3. The zero-order chi connectivity index (χ0) is 14.5. The van der Waals surface area contributed by atoms with E-state index in [0.717, 1.165) is 5.56 Å². The summed E-state index contributed by atoms with van der Waals surface area (Å²) in [5, 5.41) is 14.1. The van der Waals surface area contributed by atoms with Crippen molar-refractivity contribution < 1.29 is 9.50 Å². The molecular formula is C13H14Cl2FN3O. The molecule has 0 aliphatic carbocycles. The first-order valence-electron chi connectivity index (χ1n) is 6.16. The van der Waals surface area contributed by atoms with Crippen molar-refractivity contribution in [2.45, 2.75) is 18.9 Å². The molecular weight excluding hydrogens is 304 g/mol. The molecule has 1 heterocycles. The van der Waals surface area contributed by atoms with Crippen LogP contribution in [0.5, 0.6) is 0 Å². The molecule has 0 aliphatic heterocycles. The number of aromatic nitrogens is 3.